The highest BCUT2D eigenvalue weighted by molar-refractivity contribution is 5.80. The molecule has 0 saturated carbocycles. The van der Waals surface area contributed by atoms with E-state index in [-0.39, 0.29) is 0 Å². The number of para-hydroxylation sites is 4. The van der Waals surface area contributed by atoms with Crippen LogP contribution in [0.5, 0.6) is 11.5 Å². The maximum Gasteiger partial charge on any atom is 0.145 e. The topological polar surface area (TPSA) is 83.4 Å². The molecule has 8 nitrogen and oxygen atoms in total. The number of nitrogens with zero attached hydrogens (tertiary/aromatic N) is 2. The molecule has 1 N–H and O–H groups in total. The highest BCUT2D eigenvalue weighted by Gasteiger charge is 2.05. The number of rotatable bonds is 0. The van der Waals surface area contributed by atoms with Crippen LogP contribution < -0.4 is 14.8 Å². The van der Waals surface area contributed by atoms with E-state index in [1.165, 1.54) is 0 Å². The Hall–Kier alpha value is -3.46. The summed E-state index contributed by atoms with van der Waals surface area (Å²) in [6, 6.07) is 21.4. The summed E-state index contributed by atoms with van der Waals surface area (Å²) in [7, 11) is 0. The zero-order valence-electron chi connectivity index (χ0n) is 19.7. The Bertz CT molecular complexity index is 1080. The fraction of sp³-hybridized carbons (Fsp3) is 0.333. The standard InChI is InChI=1S/C27H31N3O5/c1-3-10-26-24(8-1)28-20-22-6-5-7-23(30-22)21-29-25-9-2-4-11-27(25)35-19-17-33-15-13-31-12-14-32-16-18-34-26/h1-11,20,29H,12-19,21H2. The zero-order chi connectivity index (χ0) is 24.0. The lowest BCUT2D eigenvalue weighted by Crippen LogP contribution is -2.14. The molecule has 0 radical (unpaired) electrons. The van der Waals surface area contributed by atoms with Gasteiger partial charge in [-0.1, -0.05) is 30.3 Å². The van der Waals surface area contributed by atoms with Crippen molar-refractivity contribution in [3.8, 4) is 11.5 Å². The second kappa shape index (κ2) is 14.1. The lowest BCUT2D eigenvalue weighted by atomic mass is 10.2. The van der Waals surface area contributed by atoms with Gasteiger partial charge >= 0.3 is 0 Å². The van der Waals surface area contributed by atoms with E-state index in [2.05, 4.69) is 10.3 Å². The molecule has 184 valence electrons. The fourth-order valence-corrected chi connectivity index (χ4v) is 3.38. The molecule has 2 aromatic carbocycles. The first-order chi connectivity index (χ1) is 17.4. The summed E-state index contributed by atoms with van der Waals surface area (Å²) in [5.74, 6) is 1.47. The third kappa shape index (κ3) is 8.36. The predicted molar refractivity (Wildman–Crippen MR) is 135 cm³/mol. The van der Waals surface area contributed by atoms with Crippen molar-refractivity contribution in [2.75, 3.05) is 58.2 Å². The Morgan fingerprint density at radius 2 is 1.23 bits per heavy atom. The van der Waals surface area contributed by atoms with Crippen molar-refractivity contribution in [2.45, 2.75) is 6.54 Å². The van der Waals surface area contributed by atoms with Gasteiger partial charge in [0, 0.05) is 0 Å². The molecule has 35 heavy (non-hydrogen) atoms. The second-order valence-corrected chi connectivity index (χ2v) is 7.66. The summed E-state index contributed by atoms with van der Waals surface area (Å²) < 4.78 is 28.5. The number of ether oxygens (including phenoxy) is 5. The van der Waals surface area contributed by atoms with Gasteiger partial charge in [0.15, 0.2) is 0 Å². The van der Waals surface area contributed by atoms with E-state index in [1.54, 1.807) is 6.21 Å². The Labute approximate surface area is 205 Å². The lowest BCUT2D eigenvalue weighted by Gasteiger charge is -2.13. The number of hydrogen-bond donors (Lipinski definition) is 1. The average Bonchev–Trinajstić information content (AvgIpc) is 2.90. The molecular weight excluding hydrogens is 446 g/mol. The lowest BCUT2D eigenvalue weighted by molar-refractivity contribution is 0.00504. The molecule has 2 heterocycles. The number of aliphatic imine (C=N–C) groups is 1. The van der Waals surface area contributed by atoms with Crippen LogP contribution in [0.15, 0.2) is 71.7 Å². The zero-order valence-corrected chi connectivity index (χ0v) is 19.7. The van der Waals surface area contributed by atoms with Crippen molar-refractivity contribution < 1.29 is 23.7 Å². The summed E-state index contributed by atoms with van der Waals surface area (Å²) in [5, 5.41) is 3.41. The molecular formula is C27H31N3O5. The molecule has 0 unspecified atom stereocenters. The number of anilines is 1. The van der Waals surface area contributed by atoms with Crippen molar-refractivity contribution in [3.63, 3.8) is 0 Å². The molecule has 8 heteroatoms. The largest absolute Gasteiger partial charge is 0.489 e. The smallest absolute Gasteiger partial charge is 0.145 e. The summed E-state index contributed by atoms with van der Waals surface area (Å²) in [5.41, 5.74) is 3.29. The van der Waals surface area contributed by atoms with Gasteiger partial charge in [-0.2, -0.15) is 0 Å². The van der Waals surface area contributed by atoms with Crippen molar-refractivity contribution in [2.24, 2.45) is 4.99 Å². The number of aromatic nitrogens is 1. The van der Waals surface area contributed by atoms with Crippen LogP contribution in [0.1, 0.15) is 11.4 Å². The molecule has 0 aliphatic carbocycles. The summed E-state index contributed by atoms with van der Waals surface area (Å²) >= 11 is 0. The van der Waals surface area contributed by atoms with Crippen LogP contribution in [0.3, 0.4) is 0 Å². The number of hydrogen-bond acceptors (Lipinski definition) is 8. The molecule has 4 rings (SSSR count). The van der Waals surface area contributed by atoms with E-state index < -0.39 is 0 Å². The van der Waals surface area contributed by atoms with Gasteiger partial charge in [0.2, 0.25) is 0 Å². The van der Waals surface area contributed by atoms with Crippen LogP contribution in [0, 0.1) is 0 Å². The molecule has 0 amide bonds. The molecule has 0 saturated heterocycles. The van der Waals surface area contributed by atoms with Crippen molar-refractivity contribution in [1.29, 1.82) is 0 Å². The van der Waals surface area contributed by atoms with E-state index >= 15 is 0 Å². The van der Waals surface area contributed by atoms with Crippen LogP contribution in [-0.4, -0.2) is 64.1 Å². The predicted octanol–water partition coefficient (Wildman–Crippen LogP) is 4.27. The number of fused-ring (bicyclic) bond motifs is 4. The number of benzene rings is 2. The van der Waals surface area contributed by atoms with Crippen LogP contribution in [0.25, 0.3) is 0 Å². The monoisotopic (exact) mass is 477 g/mol. The summed E-state index contributed by atoms with van der Waals surface area (Å²) in [6.07, 6.45) is 1.75. The Morgan fingerprint density at radius 1 is 0.600 bits per heavy atom. The van der Waals surface area contributed by atoms with E-state index in [4.69, 9.17) is 28.7 Å². The minimum atomic E-state index is 0.427. The Balaban J connectivity index is 1.46. The normalized spacial score (nSPS) is 16.3. The maximum atomic E-state index is 5.91. The first kappa shape index (κ1) is 24.7. The first-order valence-electron chi connectivity index (χ1n) is 11.8. The quantitative estimate of drug-likeness (QED) is 0.518. The first-order valence-corrected chi connectivity index (χ1v) is 11.8. The van der Waals surface area contributed by atoms with Crippen LogP contribution >= 0.6 is 0 Å². The highest BCUT2D eigenvalue weighted by atomic mass is 16.6. The van der Waals surface area contributed by atoms with E-state index in [0.717, 1.165) is 28.5 Å². The van der Waals surface area contributed by atoms with Crippen molar-refractivity contribution in [1.82, 2.24) is 4.98 Å². The molecule has 1 aliphatic rings. The Kier molecular flexibility index (Phi) is 9.90. The van der Waals surface area contributed by atoms with Gasteiger partial charge in [0.05, 0.1) is 69.5 Å². The average molecular weight is 478 g/mol. The SMILES string of the molecule is C1=Nc2ccccc2OCCOCCOCCOCCOc2ccccc2NCc2cccc1n2. The van der Waals surface area contributed by atoms with Crippen LogP contribution in [0.2, 0.25) is 0 Å². The van der Waals surface area contributed by atoms with Gasteiger partial charge in [0.25, 0.3) is 0 Å². The third-order valence-electron chi connectivity index (χ3n) is 5.09. The van der Waals surface area contributed by atoms with Crippen LogP contribution in [-0.2, 0) is 20.8 Å². The minimum Gasteiger partial charge on any atom is -0.489 e. The minimum absolute atomic E-state index is 0.427. The third-order valence-corrected chi connectivity index (χ3v) is 5.09. The molecule has 0 spiro atoms. The second-order valence-electron chi connectivity index (χ2n) is 7.66. The molecule has 1 aliphatic heterocycles. The molecule has 0 atom stereocenters. The van der Waals surface area contributed by atoms with Gasteiger partial charge in [-0.15, -0.1) is 0 Å². The summed E-state index contributed by atoms with van der Waals surface area (Å²) in [6.45, 7) is 4.40. The van der Waals surface area contributed by atoms with Crippen molar-refractivity contribution in [3.05, 3.63) is 78.1 Å². The van der Waals surface area contributed by atoms with Gasteiger partial charge in [-0.05, 0) is 36.4 Å². The molecule has 3 aromatic rings. The number of nitrogens with one attached hydrogen (secondary N) is 1. The fourth-order valence-electron chi connectivity index (χ4n) is 3.38. The molecule has 0 fully saturated rings. The van der Waals surface area contributed by atoms with E-state index in [0.29, 0.717) is 65.1 Å². The van der Waals surface area contributed by atoms with E-state index in [1.807, 2.05) is 66.7 Å². The highest BCUT2D eigenvalue weighted by Crippen LogP contribution is 2.27. The van der Waals surface area contributed by atoms with Crippen LogP contribution in [0.4, 0.5) is 11.4 Å². The maximum absolute atomic E-state index is 5.91. The van der Waals surface area contributed by atoms with Crippen molar-refractivity contribution >= 4 is 17.6 Å². The summed E-state index contributed by atoms with van der Waals surface area (Å²) in [4.78, 5) is 9.31. The van der Waals surface area contributed by atoms with Gasteiger partial charge < -0.3 is 29.0 Å². The Morgan fingerprint density at radius 3 is 2.00 bits per heavy atom. The van der Waals surface area contributed by atoms with E-state index in [9.17, 15) is 0 Å². The van der Waals surface area contributed by atoms with Gasteiger partial charge in [0.1, 0.15) is 30.4 Å². The molecule has 2 bridgehead atoms. The molecule has 1 aromatic heterocycles. The van der Waals surface area contributed by atoms with Gasteiger partial charge in [-0.3, -0.25) is 4.99 Å². The number of pyridine rings is 1. The van der Waals surface area contributed by atoms with Gasteiger partial charge in [-0.25, -0.2) is 4.98 Å².